The van der Waals surface area contributed by atoms with Crippen LogP contribution in [-0.4, -0.2) is 5.11 Å². The Morgan fingerprint density at radius 3 is 2.62 bits per heavy atom. The average Bonchev–Trinajstić information content (AvgIpc) is 2.50. The number of rotatable bonds is 3. The molecule has 0 aliphatic heterocycles. The van der Waals surface area contributed by atoms with Crippen molar-refractivity contribution in [3.05, 3.63) is 82.1 Å². The van der Waals surface area contributed by atoms with Crippen molar-refractivity contribution < 1.29 is 9.50 Å². The van der Waals surface area contributed by atoms with Gasteiger partial charge in [0.25, 0.3) is 0 Å². The number of hydrogen-bond donors (Lipinski definition) is 1. The van der Waals surface area contributed by atoms with E-state index in [9.17, 15) is 9.50 Å². The van der Waals surface area contributed by atoms with E-state index < -0.39 is 6.10 Å². The maximum Gasteiger partial charge on any atom is 0.123 e. The average molecular weight is 345 g/mol. The highest BCUT2D eigenvalue weighted by atomic mass is 79.9. The van der Waals surface area contributed by atoms with Crippen LogP contribution in [-0.2, 0) is 6.42 Å². The Kier molecular flexibility index (Phi) is 4.04. The molecule has 0 heterocycles. The molecule has 1 unspecified atom stereocenters. The molecule has 0 fully saturated rings. The molecule has 3 heteroatoms. The van der Waals surface area contributed by atoms with Gasteiger partial charge in [-0.1, -0.05) is 58.4 Å². The zero-order valence-electron chi connectivity index (χ0n) is 11.3. The Labute approximate surface area is 131 Å². The molecular weight excluding hydrogens is 331 g/mol. The molecule has 0 amide bonds. The van der Waals surface area contributed by atoms with Crippen molar-refractivity contribution in [2.24, 2.45) is 0 Å². The molecule has 0 saturated carbocycles. The molecule has 1 atom stereocenters. The number of aliphatic hydroxyl groups is 1. The lowest BCUT2D eigenvalue weighted by molar-refractivity contribution is 0.177. The molecule has 0 aromatic heterocycles. The van der Waals surface area contributed by atoms with Crippen LogP contribution >= 0.6 is 15.9 Å². The van der Waals surface area contributed by atoms with Gasteiger partial charge in [-0.05, 0) is 40.1 Å². The highest BCUT2D eigenvalue weighted by molar-refractivity contribution is 9.10. The van der Waals surface area contributed by atoms with E-state index in [1.165, 1.54) is 12.1 Å². The van der Waals surface area contributed by atoms with Crippen molar-refractivity contribution >= 4 is 26.7 Å². The molecule has 0 radical (unpaired) electrons. The van der Waals surface area contributed by atoms with Crippen LogP contribution in [0.3, 0.4) is 0 Å². The van der Waals surface area contributed by atoms with E-state index in [1.807, 2.05) is 42.5 Å². The van der Waals surface area contributed by atoms with Gasteiger partial charge in [0.1, 0.15) is 5.82 Å². The van der Waals surface area contributed by atoms with Crippen molar-refractivity contribution in [2.45, 2.75) is 12.5 Å². The van der Waals surface area contributed by atoms with Gasteiger partial charge in [-0.15, -0.1) is 0 Å². The van der Waals surface area contributed by atoms with Crippen LogP contribution in [0.25, 0.3) is 10.8 Å². The summed E-state index contributed by atoms with van der Waals surface area (Å²) in [4.78, 5) is 0. The standard InChI is InChI=1S/C18H14BrFO/c19-17-9-8-14(20)11-16(17)18(21)10-13-6-3-5-12-4-1-2-7-15(12)13/h1-9,11,18,21H,10H2. The van der Waals surface area contributed by atoms with Crippen LogP contribution in [0.2, 0.25) is 0 Å². The topological polar surface area (TPSA) is 20.2 Å². The Morgan fingerprint density at radius 2 is 1.76 bits per heavy atom. The van der Waals surface area contributed by atoms with E-state index in [2.05, 4.69) is 15.9 Å². The zero-order chi connectivity index (χ0) is 14.8. The summed E-state index contributed by atoms with van der Waals surface area (Å²) in [5.41, 5.74) is 1.62. The van der Waals surface area contributed by atoms with Crippen LogP contribution in [0.5, 0.6) is 0 Å². The first-order valence-electron chi connectivity index (χ1n) is 6.75. The molecule has 106 valence electrons. The predicted molar refractivity (Wildman–Crippen MR) is 86.7 cm³/mol. The zero-order valence-corrected chi connectivity index (χ0v) is 12.8. The fraction of sp³-hybridized carbons (Fsp3) is 0.111. The van der Waals surface area contributed by atoms with E-state index in [4.69, 9.17) is 0 Å². The highest BCUT2D eigenvalue weighted by Crippen LogP contribution is 2.29. The Morgan fingerprint density at radius 1 is 1.00 bits per heavy atom. The minimum absolute atomic E-state index is 0.342. The van der Waals surface area contributed by atoms with Gasteiger partial charge in [-0.3, -0.25) is 0 Å². The lowest BCUT2D eigenvalue weighted by atomic mass is 9.97. The maximum atomic E-state index is 13.4. The summed E-state index contributed by atoms with van der Waals surface area (Å²) in [5, 5.41) is 12.7. The molecule has 0 spiro atoms. The van der Waals surface area contributed by atoms with Crippen LogP contribution < -0.4 is 0 Å². The van der Waals surface area contributed by atoms with Gasteiger partial charge in [-0.2, -0.15) is 0 Å². The predicted octanol–water partition coefficient (Wildman–Crippen LogP) is 5.02. The fourth-order valence-corrected chi connectivity index (χ4v) is 3.07. The molecule has 3 aromatic rings. The second-order valence-electron chi connectivity index (χ2n) is 5.02. The van der Waals surface area contributed by atoms with Gasteiger partial charge in [0.15, 0.2) is 0 Å². The largest absolute Gasteiger partial charge is 0.388 e. The van der Waals surface area contributed by atoms with Gasteiger partial charge in [-0.25, -0.2) is 4.39 Å². The third-order valence-corrected chi connectivity index (χ3v) is 4.33. The molecule has 1 N–H and O–H groups in total. The molecule has 21 heavy (non-hydrogen) atoms. The summed E-state index contributed by atoms with van der Waals surface area (Å²) in [6.07, 6.45) is -0.301. The summed E-state index contributed by atoms with van der Waals surface area (Å²) in [6, 6.07) is 18.4. The van der Waals surface area contributed by atoms with Crippen molar-refractivity contribution in [1.29, 1.82) is 0 Å². The number of hydrogen-bond acceptors (Lipinski definition) is 1. The van der Waals surface area contributed by atoms with E-state index in [0.29, 0.717) is 12.0 Å². The summed E-state index contributed by atoms with van der Waals surface area (Å²) >= 11 is 3.37. The minimum Gasteiger partial charge on any atom is -0.388 e. The van der Waals surface area contributed by atoms with E-state index >= 15 is 0 Å². The van der Waals surface area contributed by atoms with E-state index in [0.717, 1.165) is 20.8 Å². The Bertz CT molecular complexity index is 780. The molecule has 1 nitrogen and oxygen atoms in total. The first kappa shape index (κ1) is 14.2. The first-order chi connectivity index (χ1) is 10.1. The van der Waals surface area contributed by atoms with E-state index in [-0.39, 0.29) is 5.82 Å². The van der Waals surface area contributed by atoms with Crippen LogP contribution in [0, 0.1) is 5.82 Å². The third-order valence-electron chi connectivity index (χ3n) is 3.61. The van der Waals surface area contributed by atoms with Crippen LogP contribution in [0.4, 0.5) is 4.39 Å². The normalized spacial score (nSPS) is 12.5. The quantitative estimate of drug-likeness (QED) is 0.707. The highest BCUT2D eigenvalue weighted by Gasteiger charge is 2.14. The molecule has 3 aromatic carbocycles. The van der Waals surface area contributed by atoms with Crippen molar-refractivity contribution in [3.8, 4) is 0 Å². The molecule has 0 aliphatic carbocycles. The lowest BCUT2D eigenvalue weighted by Gasteiger charge is -2.14. The van der Waals surface area contributed by atoms with Gasteiger partial charge >= 0.3 is 0 Å². The third kappa shape index (κ3) is 2.99. The first-order valence-corrected chi connectivity index (χ1v) is 7.54. The second kappa shape index (κ2) is 5.96. The van der Waals surface area contributed by atoms with Crippen LogP contribution in [0.15, 0.2) is 65.1 Å². The number of fused-ring (bicyclic) bond motifs is 1. The summed E-state index contributed by atoms with van der Waals surface area (Å²) < 4.78 is 14.1. The monoisotopic (exact) mass is 344 g/mol. The number of benzene rings is 3. The number of aliphatic hydroxyl groups excluding tert-OH is 1. The fourth-order valence-electron chi connectivity index (χ4n) is 2.56. The van der Waals surface area contributed by atoms with Gasteiger partial charge in [0.05, 0.1) is 6.10 Å². The molecule has 0 aliphatic rings. The molecule has 0 bridgehead atoms. The Hall–Kier alpha value is -1.71. The van der Waals surface area contributed by atoms with Crippen molar-refractivity contribution in [2.75, 3.05) is 0 Å². The van der Waals surface area contributed by atoms with Crippen molar-refractivity contribution in [3.63, 3.8) is 0 Å². The van der Waals surface area contributed by atoms with Crippen LogP contribution in [0.1, 0.15) is 17.2 Å². The van der Waals surface area contributed by atoms with Gasteiger partial charge in [0.2, 0.25) is 0 Å². The lowest BCUT2D eigenvalue weighted by Crippen LogP contribution is -2.04. The summed E-state index contributed by atoms with van der Waals surface area (Å²) in [7, 11) is 0. The summed E-state index contributed by atoms with van der Waals surface area (Å²) in [5.74, 6) is -0.342. The second-order valence-corrected chi connectivity index (χ2v) is 5.88. The van der Waals surface area contributed by atoms with Gasteiger partial charge < -0.3 is 5.11 Å². The molecule has 3 rings (SSSR count). The summed E-state index contributed by atoms with van der Waals surface area (Å²) in [6.45, 7) is 0. The maximum absolute atomic E-state index is 13.4. The SMILES string of the molecule is OC(Cc1cccc2ccccc12)c1cc(F)ccc1Br. The van der Waals surface area contributed by atoms with Crippen molar-refractivity contribution in [1.82, 2.24) is 0 Å². The smallest absolute Gasteiger partial charge is 0.123 e. The van der Waals surface area contributed by atoms with E-state index in [1.54, 1.807) is 6.07 Å². The molecular formula is C18H14BrFO. The minimum atomic E-state index is -0.749. The molecule has 0 saturated heterocycles. The van der Waals surface area contributed by atoms with Gasteiger partial charge in [0, 0.05) is 10.9 Å². The number of halogens is 2. The Balaban J connectivity index is 1.96.